The van der Waals surface area contributed by atoms with Crippen molar-refractivity contribution < 1.29 is 18.9 Å². The zero-order valence-electron chi connectivity index (χ0n) is 26.2. The molecular weight excluding hydrogens is 570 g/mol. The first-order valence-corrected chi connectivity index (χ1v) is 15.7. The topological polar surface area (TPSA) is 105 Å². The molecule has 45 heavy (non-hydrogen) atoms. The molecule has 0 bridgehead atoms. The smallest absolute Gasteiger partial charge is 0.163 e. The number of piperazine rings is 1. The number of hydrogen-bond acceptors (Lipinski definition) is 9. The average molecular weight is 614 g/mol. The molecule has 2 N–H and O–H groups in total. The second kappa shape index (κ2) is 14.5. The lowest BCUT2D eigenvalue weighted by Gasteiger charge is -2.36. The van der Waals surface area contributed by atoms with Crippen LogP contribution in [0.1, 0.15) is 12.8 Å². The number of hydrogen-bond donors (Lipinski definition) is 1. The van der Waals surface area contributed by atoms with Crippen LogP contribution in [0.2, 0.25) is 0 Å². The summed E-state index contributed by atoms with van der Waals surface area (Å²) in [5.74, 6) is 3.41. The summed E-state index contributed by atoms with van der Waals surface area (Å²) in [5.41, 5.74) is 11.0. The Morgan fingerprint density at radius 1 is 0.689 bits per heavy atom. The molecule has 4 heterocycles. The molecule has 238 valence electrons. The molecule has 2 aliphatic rings. The Bertz CT molecular complexity index is 1690. The number of rotatable bonds is 10. The molecule has 1 saturated heterocycles. The fourth-order valence-corrected chi connectivity index (χ4v) is 5.88. The minimum atomic E-state index is 0.629. The number of nitrogens with zero attached hydrogens (tertiary/aromatic N) is 6. The summed E-state index contributed by atoms with van der Waals surface area (Å²) in [6.45, 7) is 9.19. The van der Waals surface area contributed by atoms with Crippen molar-refractivity contribution in [2.24, 2.45) is 5.73 Å². The highest BCUT2D eigenvalue weighted by atomic mass is 16.6. The van der Waals surface area contributed by atoms with Crippen molar-refractivity contribution >= 4 is 27.8 Å². The summed E-state index contributed by atoms with van der Waals surface area (Å²) in [7, 11) is 3.35. The highest BCUT2D eigenvalue weighted by Crippen LogP contribution is 2.34. The molecule has 2 aromatic heterocycles. The zero-order valence-corrected chi connectivity index (χ0v) is 26.2. The van der Waals surface area contributed by atoms with Gasteiger partial charge in [0.25, 0.3) is 0 Å². The first-order valence-electron chi connectivity index (χ1n) is 15.7. The third-order valence-corrected chi connectivity index (χ3v) is 8.40. The van der Waals surface area contributed by atoms with Gasteiger partial charge in [-0.3, -0.25) is 4.90 Å². The molecule has 0 amide bonds. The normalized spacial score (nSPS) is 14.8. The van der Waals surface area contributed by atoms with Gasteiger partial charge in [-0.25, -0.2) is 9.97 Å². The van der Waals surface area contributed by atoms with Crippen LogP contribution in [0.15, 0.2) is 67.3 Å². The van der Waals surface area contributed by atoms with Gasteiger partial charge in [-0.2, -0.15) is 0 Å². The standard InChI is InChI=1S/C23H28N4O3.C11H15N3O/c1-28-19-4-5-21-20(16-19)24-17-27(21)8-2-7-25-9-11-26(12-10-25)18-3-6-22-23(15-18)30-14-13-29-22;1-15-9-3-4-11-10(7-9)13-8-14(11)6-2-5-12/h3-6,15-17H,2,7-14H2,1H3;3-4,7-8H,2,5-6,12H2,1H3. The maximum atomic E-state index is 5.73. The summed E-state index contributed by atoms with van der Waals surface area (Å²) >= 11 is 0. The van der Waals surface area contributed by atoms with Crippen molar-refractivity contribution in [1.82, 2.24) is 24.0 Å². The van der Waals surface area contributed by atoms with Crippen LogP contribution in [-0.2, 0) is 13.1 Å². The molecule has 11 heteroatoms. The molecular formula is C34H43N7O4. The van der Waals surface area contributed by atoms with E-state index in [0.717, 1.165) is 98.2 Å². The quantitative estimate of drug-likeness (QED) is 0.245. The summed E-state index contributed by atoms with van der Waals surface area (Å²) in [6, 6.07) is 18.3. The monoisotopic (exact) mass is 613 g/mol. The van der Waals surface area contributed by atoms with Crippen molar-refractivity contribution in [2.75, 3.05) is 71.6 Å². The van der Waals surface area contributed by atoms with Crippen molar-refractivity contribution in [3.8, 4) is 23.0 Å². The summed E-state index contributed by atoms with van der Waals surface area (Å²) < 4.78 is 26.1. The molecule has 0 aliphatic carbocycles. The summed E-state index contributed by atoms with van der Waals surface area (Å²) in [4.78, 5) is 13.8. The van der Waals surface area contributed by atoms with Crippen LogP contribution < -0.4 is 29.6 Å². The van der Waals surface area contributed by atoms with Crippen molar-refractivity contribution in [3.05, 3.63) is 67.3 Å². The van der Waals surface area contributed by atoms with Crippen LogP contribution in [0.4, 0.5) is 5.69 Å². The van der Waals surface area contributed by atoms with Crippen molar-refractivity contribution in [2.45, 2.75) is 25.9 Å². The third kappa shape index (κ3) is 7.26. The maximum Gasteiger partial charge on any atom is 0.163 e. The Hall–Kier alpha value is -4.48. The molecule has 0 radical (unpaired) electrons. The van der Waals surface area contributed by atoms with E-state index in [4.69, 9.17) is 24.7 Å². The van der Waals surface area contributed by atoms with Gasteiger partial charge < -0.3 is 38.7 Å². The molecule has 1 fully saturated rings. The Morgan fingerprint density at radius 3 is 1.89 bits per heavy atom. The van der Waals surface area contributed by atoms with Crippen molar-refractivity contribution in [3.63, 3.8) is 0 Å². The Morgan fingerprint density at radius 2 is 1.29 bits per heavy atom. The molecule has 0 atom stereocenters. The molecule has 5 aromatic rings. The Labute approximate surface area is 264 Å². The van der Waals surface area contributed by atoms with Crippen LogP contribution in [0.3, 0.4) is 0 Å². The molecule has 0 spiro atoms. The van der Waals surface area contributed by atoms with E-state index in [2.05, 4.69) is 47.1 Å². The molecule has 3 aromatic carbocycles. The first-order chi connectivity index (χ1) is 22.1. The fraction of sp³-hybridized carbons (Fsp3) is 0.412. The van der Waals surface area contributed by atoms with Gasteiger partial charge >= 0.3 is 0 Å². The molecule has 11 nitrogen and oxygen atoms in total. The lowest BCUT2D eigenvalue weighted by molar-refractivity contribution is 0.171. The summed E-state index contributed by atoms with van der Waals surface area (Å²) in [5, 5.41) is 0. The number of anilines is 1. The third-order valence-electron chi connectivity index (χ3n) is 8.40. The predicted octanol–water partition coefficient (Wildman–Crippen LogP) is 4.42. The summed E-state index contributed by atoms with van der Waals surface area (Å²) in [6.07, 6.45) is 5.86. The van der Waals surface area contributed by atoms with E-state index in [-0.39, 0.29) is 0 Å². The highest BCUT2D eigenvalue weighted by Gasteiger charge is 2.19. The zero-order chi connectivity index (χ0) is 31.0. The predicted molar refractivity (Wildman–Crippen MR) is 177 cm³/mol. The van der Waals surface area contributed by atoms with Crippen LogP contribution in [0.25, 0.3) is 22.1 Å². The number of nitrogens with two attached hydrogens (primary N) is 1. The molecule has 7 rings (SSSR count). The van der Waals surface area contributed by atoms with E-state index in [9.17, 15) is 0 Å². The van der Waals surface area contributed by atoms with Gasteiger partial charge in [0.15, 0.2) is 11.5 Å². The van der Waals surface area contributed by atoms with Gasteiger partial charge in [0.1, 0.15) is 24.7 Å². The number of methoxy groups -OCH3 is 2. The van der Waals surface area contributed by atoms with Gasteiger partial charge in [0.05, 0.1) is 48.9 Å². The molecule has 2 aliphatic heterocycles. The largest absolute Gasteiger partial charge is 0.497 e. The Kier molecular flexibility index (Phi) is 9.86. The van der Waals surface area contributed by atoms with Gasteiger partial charge in [-0.15, -0.1) is 0 Å². The van der Waals surface area contributed by atoms with E-state index in [1.165, 1.54) is 11.2 Å². The van der Waals surface area contributed by atoms with Gasteiger partial charge in [0.2, 0.25) is 0 Å². The second-order valence-electron chi connectivity index (χ2n) is 11.2. The second-order valence-corrected chi connectivity index (χ2v) is 11.2. The minimum Gasteiger partial charge on any atom is -0.497 e. The lowest BCUT2D eigenvalue weighted by atomic mass is 10.2. The van der Waals surface area contributed by atoms with Gasteiger partial charge in [0, 0.05) is 63.2 Å². The molecule has 0 saturated carbocycles. The fourth-order valence-electron chi connectivity index (χ4n) is 5.88. The number of aromatic nitrogens is 4. The van der Waals surface area contributed by atoms with Gasteiger partial charge in [-0.05, 0) is 62.3 Å². The van der Waals surface area contributed by atoms with E-state index in [0.29, 0.717) is 19.8 Å². The van der Waals surface area contributed by atoms with E-state index in [1.54, 1.807) is 14.2 Å². The highest BCUT2D eigenvalue weighted by molar-refractivity contribution is 5.77. The SMILES string of the molecule is COc1ccc2c(c1)ncn2CCCN.COc1ccc2c(c1)ncn2CCCN1CCN(c2ccc3c(c2)OCCO3)CC1. The van der Waals surface area contributed by atoms with Crippen LogP contribution in [0, 0.1) is 0 Å². The minimum absolute atomic E-state index is 0.629. The van der Waals surface area contributed by atoms with Gasteiger partial charge in [-0.1, -0.05) is 0 Å². The number of benzene rings is 3. The number of ether oxygens (including phenoxy) is 4. The number of fused-ring (bicyclic) bond motifs is 3. The lowest BCUT2D eigenvalue weighted by Crippen LogP contribution is -2.46. The number of imidazole rings is 2. The van der Waals surface area contributed by atoms with Crippen LogP contribution >= 0.6 is 0 Å². The molecule has 0 unspecified atom stereocenters. The first kappa shape index (κ1) is 30.5. The van der Waals surface area contributed by atoms with E-state index >= 15 is 0 Å². The number of aryl methyl sites for hydroxylation is 2. The average Bonchev–Trinajstić information content (AvgIpc) is 3.70. The van der Waals surface area contributed by atoms with Crippen LogP contribution in [0.5, 0.6) is 23.0 Å². The van der Waals surface area contributed by atoms with Crippen molar-refractivity contribution in [1.29, 1.82) is 0 Å². The van der Waals surface area contributed by atoms with Crippen LogP contribution in [-0.4, -0.2) is 90.7 Å². The van der Waals surface area contributed by atoms with E-state index in [1.807, 2.05) is 49.1 Å². The van der Waals surface area contributed by atoms with E-state index < -0.39 is 0 Å². The Balaban J connectivity index is 0.000000200. The maximum absolute atomic E-state index is 5.73.